The number of hydrogen-bond donors (Lipinski definition) is 0. The molecule has 0 aliphatic rings. The Kier molecular flexibility index (Phi) is 13.3. The average molecular weight is 386 g/mol. The largest absolute Gasteiger partial charge is 1.00 e. The van der Waals surface area contributed by atoms with Crippen LogP contribution in [0.1, 0.15) is 12.8 Å². The van der Waals surface area contributed by atoms with E-state index in [1.807, 2.05) is 0 Å². The number of alkyl halides is 7. The zero-order chi connectivity index (χ0) is 16.8. The molecule has 0 saturated carbocycles. The van der Waals surface area contributed by atoms with Crippen molar-refractivity contribution in [1.82, 2.24) is 0 Å². The van der Waals surface area contributed by atoms with Gasteiger partial charge in [0.1, 0.15) is 12.3 Å². The molecule has 6 atom stereocenters. The van der Waals surface area contributed by atoms with Crippen molar-refractivity contribution in [3.8, 4) is 0 Å². The summed E-state index contributed by atoms with van der Waals surface area (Å²) in [7, 11) is -5.24. The molecule has 0 aromatic heterocycles. The van der Waals surface area contributed by atoms with Crippen LogP contribution < -0.4 is 51.4 Å². The Morgan fingerprint density at radius 1 is 0.818 bits per heavy atom. The molecular formula is C10H14F7KO3S. The zero-order valence-corrected chi connectivity index (χ0v) is 15.5. The van der Waals surface area contributed by atoms with Gasteiger partial charge in [-0.2, -0.15) is 0 Å². The predicted molar refractivity (Wildman–Crippen MR) is 59.1 cm³/mol. The fourth-order valence-corrected chi connectivity index (χ4v) is 2.04. The smallest absolute Gasteiger partial charge is 0.748 e. The Balaban J connectivity index is 0. The second-order valence-corrected chi connectivity index (χ2v) is 5.81. The maximum absolute atomic E-state index is 13.2. The van der Waals surface area contributed by atoms with Gasteiger partial charge in [-0.05, 0) is 12.8 Å². The second-order valence-electron chi connectivity index (χ2n) is 4.37. The normalized spacial score (nSPS) is 20.4. The van der Waals surface area contributed by atoms with E-state index in [0.717, 1.165) is 0 Å². The Morgan fingerprint density at radius 2 is 1.23 bits per heavy atom. The van der Waals surface area contributed by atoms with Crippen LogP contribution in [-0.4, -0.2) is 62.4 Å². The fourth-order valence-electron chi connectivity index (χ4n) is 1.47. The summed E-state index contributed by atoms with van der Waals surface area (Å²) in [6, 6.07) is 0. The van der Waals surface area contributed by atoms with Gasteiger partial charge in [-0.25, -0.2) is 34.8 Å². The van der Waals surface area contributed by atoms with Gasteiger partial charge in [0.05, 0.1) is 22.5 Å². The van der Waals surface area contributed by atoms with E-state index in [1.54, 1.807) is 0 Å². The number of hydrogen-bond acceptors (Lipinski definition) is 3. The molecule has 0 heterocycles. The molecule has 22 heavy (non-hydrogen) atoms. The summed E-state index contributed by atoms with van der Waals surface area (Å²) in [6.45, 7) is -1.03. The van der Waals surface area contributed by atoms with E-state index >= 15 is 0 Å². The van der Waals surface area contributed by atoms with Gasteiger partial charge in [0, 0.05) is 0 Å². The summed E-state index contributed by atoms with van der Waals surface area (Å²) < 4.78 is 121. The van der Waals surface area contributed by atoms with Gasteiger partial charge in [0.15, 0.2) is 24.7 Å². The summed E-state index contributed by atoms with van der Waals surface area (Å²) in [4.78, 5) is 0. The Labute approximate surface area is 166 Å². The minimum absolute atomic E-state index is 0. The Hall–Kier alpha value is 1.06. The van der Waals surface area contributed by atoms with Crippen LogP contribution in [0.25, 0.3) is 0 Å². The summed E-state index contributed by atoms with van der Waals surface area (Å²) >= 11 is 0. The molecule has 0 amide bonds. The standard InChI is InChI=1S/C10H15F7O3S.K/c11-3-1-2-5(12)7(14)9(16)10(17)8(15)6(13)4-21(18,19)20;/h5-10H,1-4H2,(H,18,19,20);/q;+1/p-1. The first kappa shape index (κ1) is 25.3. The van der Waals surface area contributed by atoms with Crippen molar-refractivity contribution in [3.05, 3.63) is 0 Å². The summed E-state index contributed by atoms with van der Waals surface area (Å²) in [6.07, 6.45) is -20.6. The van der Waals surface area contributed by atoms with Crippen molar-refractivity contribution in [2.45, 2.75) is 49.9 Å². The fraction of sp³-hybridized carbons (Fsp3) is 1.00. The predicted octanol–water partition coefficient (Wildman–Crippen LogP) is -0.686. The van der Waals surface area contributed by atoms with E-state index in [-0.39, 0.29) is 51.4 Å². The molecule has 0 aliphatic carbocycles. The van der Waals surface area contributed by atoms with Gasteiger partial charge in [-0.1, -0.05) is 0 Å². The van der Waals surface area contributed by atoms with Crippen LogP contribution in [0.4, 0.5) is 30.7 Å². The number of halogens is 7. The molecule has 0 rings (SSSR count). The third-order valence-electron chi connectivity index (χ3n) is 2.58. The third-order valence-corrected chi connectivity index (χ3v) is 3.31. The van der Waals surface area contributed by atoms with E-state index < -0.39 is 72.4 Å². The van der Waals surface area contributed by atoms with E-state index in [2.05, 4.69) is 0 Å². The third kappa shape index (κ3) is 9.38. The monoisotopic (exact) mass is 386 g/mol. The molecule has 128 valence electrons. The summed E-state index contributed by atoms with van der Waals surface area (Å²) in [5, 5.41) is 0. The van der Waals surface area contributed by atoms with Crippen molar-refractivity contribution in [3.63, 3.8) is 0 Å². The molecule has 0 aliphatic heterocycles. The molecule has 0 bridgehead atoms. The topological polar surface area (TPSA) is 57.2 Å². The first-order valence-corrected chi connectivity index (χ1v) is 7.43. The molecule has 0 saturated heterocycles. The van der Waals surface area contributed by atoms with Crippen molar-refractivity contribution in [2.24, 2.45) is 0 Å². The van der Waals surface area contributed by atoms with Crippen LogP contribution in [-0.2, 0) is 10.1 Å². The van der Waals surface area contributed by atoms with E-state index in [0.29, 0.717) is 0 Å². The van der Waals surface area contributed by atoms with Crippen LogP contribution in [0, 0.1) is 0 Å². The summed E-state index contributed by atoms with van der Waals surface area (Å²) in [5.41, 5.74) is 0. The van der Waals surface area contributed by atoms with Crippen LogP contribution in [0.2, 0.25) is 0 Å². The van der Waals surface area contributed by atoms with Gasteiger partial charge < -0.3 is 4.55 Å². The van der Waals surface area contributed by atoms with E-state index in [4.69, 9.17) is 0 Å². The molecule has 0 radical (unpaired) electrons. The molecule has 0 N–H and O–H groups in total. The van der Waals surface area contributed by atoms with Crippen molar-refractivity contribution in [1.29, 1.82) is 0 Å². The van der Waals surface area contributed by atoms with E-state index in [9.17, 15) is 43.7 Å². The average Bonchev–Trinajstić information content (AvgIpc) is 2.39. The Morgan fingerprint density at radius 3 is 1.59 bits per heavy atom. The Bertz CT molecular complexity index is 400. The van der Waals surface area contributed by atoms with Crippen molar-refractivity contribution >= 4 is 10.1 Å². The quantitative estimate of drug-likeness (QED) is 0.284. The molecule has 0 fully saturated rings. The van der Waals surface area contributed by atoms with Gasteiger partial charge in [-0.15, -0.1) is 0 Å². The second kappa shape index (κ2) is 11.6. The summed E-state index contributed by atoms with van der Waals surface area (Å²) in [5.74, 6) is -1.96. The van der Waals surface area contributed by atoms with Crippen LogP contribution in [0.5, 0.6) is 0 Å². The maximum Gasteiger partial charge on any atom is 1.00 e. The van der Waals surface area contributed by atoms with Crippen molar-refractivity contribution < 1.29 is 95.1 Å². The minimum Gasteiger partial charge on any atom is -0.748 e. The molecule has 0 aromatic carbocycles. The molecule has 0 aromatic rings. The maximum atomic E-state index is 13.2. The van der Waals surface area contributed by atoms with Gasteiger partial charge >= 0.3 is 51.4 Å². The van der Waals surface area contributed by atoms with Gasteiger partial charge in [0.2, 0.25) is 0 Å². The van der Waals surface area contributed by atoms with Crippen molar-refractivity contribution in [2.75, 3.05) is 12.4 Å². The van der Waals surface area contributed by atoms with Crippen LogP contribution in [0.15, 0.2) is 0 Å². The van der Waals surface area contributed by atoms with Crippen LogP contribution >= 0.6 is 0 Å². The SMILES string of the molecule is O=S(=O)([O-])CC(F)C(F)C(F)C(F)C(F)C(F)CCCF.[K+]. The van der Waals surface area contributed by atoms with Gasteiger partial charge in [0.25, 0.3) is 0 Å². The first-order chi connectivity index (χ1) is 9.51. The van der Waals surface area contributed by atoms with E-state index in [1.165, 1.54) is 0 Å². The minimum atomic E-state index is -5.24. The first-order valence-electron chi connectivity index (χ1n) is 5.85. The molecule has 0 spiro atoms. The number of rotatable bonds is 10. The zero-order valence-electron chi connectivity index (χ0n) is 11.6. The van der Waals surface area contributed by atoms with Crippen LogP contribution in [0.3, 0.4) is 0 Å². The molecule has 12 heteroatoms. The van der Waals surface area contributed by atoms with Gasteiger partial charge in [-0.3, -0.25) is 4.39 Å². The molecule has 3 nitrogen and oxygen atoms in total. The molecule has 6 unspecified atom stereocenters. The molecular weight excluding hydrogens is 372 g/mol.